The van der Waals surface area contributed by atoms with E-state index in [0.717, 1.165) is 6.54 Å². The van der Waals surface area contributed by atoms with Crippen LogP contribution in [0.4, 0.5) is 0 Å². The standard InChI is InChI=1S/C13H21N/c1-5-7-12-8-6-9-13(11(12)2)10-14(3)4/h6,8-9H,5,7,10H2,1-4H3. The third-order valence-corrected chi connectivity index (χ3v) is 2.56. The molecule has 0 saturated carbocycles. The summed E-state index contributed by atoms with van der Waals surface area (Å²) < 4.78 is 0. The zero-order valence-electron chi connectivity index (χ0n) is 9.80. The molecule has 0 aliphatic heterocycles. The second-order valence-corrected chi connectivity index (χ2v) is 4.19. The molecule has 0 radical (unpaired) electrons. The van der Waals surface area contributed by atoms with Crippen LogP contribution in [-0.4, -0.2) is 19.0 Å². The van der Waals surface area contributed by atoms with Crippen molar-refractivity contribution in [3.05, 3.63) is 34.9 Å². The molecule has 0 aliphatic carbocycles. The Morgan fingerprint density at radius 2 is 1.79 bits per heavy atom. The Balaban J connectivity index is 2.89. The normalized spacial score (nSPS) is 10.9. The number of aryl methyl sites for hydroxylation is 1. The molecule has 1 heteroatoms. The van der Waals surface area contributed by atoms with Gasteiger partial charge in [0.1, 0.15) is 0 Å². The molecule has 0 unspecified atom stereocenters. The van der Waals surface area contributed by atoms with Crippen LogP contribution in [0.25, 0.3) is 0 Å². The van der Waals surface area contributed by atoms with Crippen molar-refractivity contribution in [2.75, 3.05) is 14.1 Å². The maximum atomic E-state index is 2.25. The van der Waals surface area contributed by atoms with E-state index in [0.29, 0.717) is 0 Å². The molecule has 0 saturated heterocycles. The van der Waals surface area contributed by atoms with Crippen molar-refractivity contribution in [1.82, 2.24) is 4.90 Å². The fraction of sp³-hybridized carbons (Fsp3) is 0.538. The molecule has 0 bridgehead atoms. The van der Waals surface area contributed by atoms with Gasteiger partial charge in [0.2, 0.25) is 0 Å². The van der Waals surface area contributed by atoms with Gasteiger partial charge in [-0.05, 0) is 44.1 Å². The Labute approximate surface area is 87.7 Å². The van der Waals surface area contributed by atoms with E-state index in [1.165, 1.54) is 29.5 Å². The predicted molar refractivity (Wildman–Crippen MR) is 62.6 cm³/mol. The summed E-state index contributed by atoms with van der Waals surface area (Å²) in [6, 6.07) is 6.66. The zero-order valence-corrected chi connectivity index (χ0v) is 9.80. The van der Waals surface area contributed by atoms with Crippen LogP contribution in [0.5, 0.6) is 0 Å². The fourth-order valence-electron chi connectivity index (χ4n) is 1.79. The molecule has 1 aromatic carbocycles. The Kier molecular flexibility index (Phi) is 4.15. The quantitative estimate of drug-likeness (QED) is 0.707. The minimum atomic E-state index is 1.05. The lowest BCUT2D eigenvalue weighted by Crippen LogP contribution is -2.12. The average Bonchev–Trinajstić information content (AvgIpc) is 2.11. The number of nitrogens with zero attached hydrogens (tertiary/aromatic N) is 1. The molecule has 1 rings (SSSR count). The highest BCUT2D eigenvalue weighted by molar-refractivity contribution is 5.34. The fourth-order valence-corrected chi connectivity index (χ4v) is 1.79. The number of benzene rings is 1. The first-order chi connectivity index (χ1) is 6.65. The van der Waals surface area contributed by atoms with E-state index >= 15 is 0 Å². The molecule has 0 atom stereocenters. The second-order valence-electron chi connectivity index (χ2n) is 4.19. The molecule has 0 fully saturated rings. The Morgan fingerprint density at radius 3 is 2.36 bits per heavy atom. The van der Waals surface area contributed by atoms with Gasteiger partial charge in [0, 0.05) is 6.54 Å². The molecule has 0 aliphatic rings. The van der Waals surface area contributed by atoms with Crippen LogP contribution in [-0.2, 0) is 13.0 Å². The van der Waals surface area contributed by atoms with E-state index in [2.05, 4.69) is 51.0 Å². The number of hydrogen-bond donors (Lipinski definition) is 0. The molecule has 0 N–H and O–H groups in total. The van der Waals surface area contributed by atoms with Crippen LogP contribution < -0.4 is 0 Å². The molecule has 0 heterocycles. The summed E-state index contributed by atoms with van der Waals surface area (Å²) in [6.45, 7) is 5.52. The van der Waals surface area contributed by atoms with Crippen molar-refractivity contribution in [3.8, 4) is 0 Å². The van der Waals surface area contributed by atoms with Gasteiger partial charge in [0.25, 0.3) is 0 Å². The van der Waals surface area contributed by atoms with Crippen LogP contribution in [0.15, 0.2) is 18.2 Å². The molecular weight excluding hydrogens is 170 g/mol. The van der Waals surface area contributed by atoms with E-state index < -0.39 is 0 Å². The monoisotopic (exact) mass is 191 g/mol. The summed E-state index contributed by atoms with van der Waals surface area (Å²) in [6.07, 6.45) is 2.43. The largest absolute Gasteiger partial charge is 0.305 e. The van der Waals surface area contributed by atoms with Crippen molar-refractivity contribution in [2.45, 2.75) is 33.2 Å². The summed E-state index contributed by atoms with van der Waals surface area (Å²) in [5, 5.41) is 0. The average molecular weight is 191 g/mol. The lowest BCUT2D eigenvalue weighted by Gasteiger charge is -2.14. The van der Waals surface area contributed by atoms with Crippen molar-refractivity contribution in [3.63, 3.8) is 0 Å². The van der Waals surface area contributed by atoms with Crippen LogP contribution in [0, 0.1) is 6.92 Å². The molecule has 0 spiro atoms. The molecule has 1 nitrogen and oxygen atoms in total. The summed E-state index contributed by atoms with van der Waals surface area (Å²) in [5.41, 5.74) is 4.44. The highest BCUT2D eigenvalue weighted by Crippen LogP contribution is 2.16. The summed E-state index contributed by atoms with van der Waals surface area (Å²) in [4.78, 5) is 2.22. The number of hydrogen-bond acceptors (Lipinski definition) is 1. The summed E-state index contributed by atoms with van der Waals surface area (Å²) in [5.74, 6) is 0. The first-order valence-electron chi connectivity index (χ1n) is 5.37. The highest BCUT2D eigenvalue weighted by Gasteiger charge is 2.03. The van der Waals surface area contributed by atoms with E-state index in [1.54, 1.807) is 0 Å². The summed E-state index contributed by atoms with van der Waals surface area (Å²) >= 11 is 0. The molecule has 0 aromatic heterocycles. The molecular formula is C13H21N. The van der Waals surface area contributed by atoms with Crippen molar-refractivity contribution in [1.29, 1.82) is 0 Å². The van der Waals surface area contributed by atoms with Gasteiger partial charge in [-0.3, -0.25) is 0 Å². The predicted octanol–water partition coefficient (Wildman–Crippen LogP) is 3.01. The van der Waals surface area contributed by atoms with E-state index in [1.807, 2.05) is 0 Å². The van der Waals surface area contributed by atoms with Crippen molar-refractivity contribution < 1.29 is 0 Å². The third kappa shape index (κ3) is 2.85. The van der Waals surface area contributed by atoms with Gasteiger partial charge in [0.05, 0.1) is 0 Å². The van der Waals surface area contributed by atoms with E-state index in [4.69, 9.17) is 0 Å². The van der Waals surface area contributed by atoms with Crippen LogP contribution in [0.1, 0.15) is 30.0 Å². The van der Waals surface area contributed by atoms with Gasteiger partial charge in [-0.1, -0.05) is 31.5 Å². The maximum absolute atomic E-state index is 2.25. The van der Waals surface area contributed by atoms with Gasteiger partial charge < -0.3 is 4.90 Å². The first kappa shape index (κ1) is 11.3. The second kappa shape index (κ2) is 5.16. The van der Waals surface area contributed by atoms with Crippen molar-refractivity contribution >= 4 is 0 Å². The molecule has 14 heavy (non-hydrogen) atoms. The topological polar surface area (TPSA) is 3.24 Å². The van der Waals surface area contributed by atoms with Gasteiger partial charge in [-0.25, -0.2) is 0 Å². The summed E-state index contributed by atoms with van der Waals surface area (Å²) in [7, 11) is 4.23. The Bertz CT molecular complexity index is 289. The molecule has 78 valence electrons. The number of rotatable bonds is 4. The maximum Gasteiger partial charge on any atom is 0.0230 e. The van der Waals surface area contributed by atoms with Crippen molar-refractivity contribution in [2.24, 2.45) is 0 Å². The van der Waals surface area contributed by atoms with Gasteiger partial charge >= 0.3 is 0 Å². The Morgan fingerprint density at radius 1 is 1.14 bits per heavy atom. The van der Waals surface area contributed by atoms with Gasteiger partial charge in [-0.2, -0.15) is 0 Å². The Hall–Kier alpha value is -0.820. The zero-order chi connectivity index (χ0) is 10.6. The molecule has 1 aromatic rings. The van der Waals surface area contributed by atoms with Crippen LogP contribution in [0.2, 0.25) is 0 Å². The van der Waals surface area contributed by atoms with Crippen LogP contribution in [0.3, 0.4) is 0 Å². The van der Waals surface area contributed by atoms with Crippen LogP contribution >= 0.6 is 0 Å². The lowest BCUT2D eigenvalue weighted by molar-refractivity contribution is 0.401. The third-order valence-electron chi connectivity index (χ3n) is 2.56. The van der Waals surface area contributed by atoms with Gasteiger partial charge in [-0.15, -0.1) is 0 Å². The molecule has 0 amide bonds. The van der Waals surface area contributed by atoms with E-state index in [-0.39, 0.29) is 0 Å². The SMILES string of the molecule is CCCc1cccc(CN(C)C)c1C. The van der Waals surface area contributed by atoms with Gasteiger partial charge in [0.15, 0.2) is 0 Å². The first-order valence-corrected chi connectivity index (χ1v) is 5.37. The van der Waals surface area contributed by atoms with E-state index in [9.17, 15) is 0 Å². The minimum Gasteiger partial charge on any atom is -0.305 e. The minimum absolute atomic E-state index is 1.05. The highest BCUT2D eigenvalue weighted by atomic mass is 15.0. The smallest absolute Gasteiger partial charge is 0.0230 e. The lowest BCUT2D eigenvalue weighted by atomic mass is 9.99.